The third-order valence-electron chi connectivity index (χ3n) is 2.01. The first-order valence-electron chi connectivity index (χ1n) is 5.24. The Bertz CT molecular complexity index is 452. The van der Waals surface area contributed by atoms with Gasteiger partial charge in [0.1, 0.15) is 0 Å². The predicted octanol–water partition coefficient (Wildman–Crippen LogP) is 1.56. The Hall–Kier alpha value is -1.95. The monoisotopic (exact) mass is 269 g/mol. The van der Waals surface area contributed by atoms with Gasteiger partial charge in [-0.1, -0.05) is 23.7 Å². The number of benzene rings is 1. The van der Waals surface area contributed by atoms with Crippen LogP contribution in [0, 0.1) is 6.92 Å². The van der Waals surface area contributed by atoms with Crippen molar-refractivity contribution in [2.75, 3.05) is 19.4 Å². The number of urea groups is 1. The van der Waals surface area contributed by atoms with Gasteiger partial charge in [-0.2, -0.15) is 0 Å². The lowest BCUT2D eigenvalue weighted by atomic mass is 10.2. The molecule has 0 bridgehead atoms. The number of anilines is 1. The van der Waals surface area contributed by atoms with Crippen LogP contribution in [0.3, 0.4) is 0 Å². The van der Waals surface area contributed by atoms with Crippen LogP contribution in [0.5, 0.6) is 0 Å². The Morgan fingerprint density at radius 2 is 2.11 bits per heavy atom. The van der Waals surface area contributed by atoms with E-state index in [9.17, 15) is 4.79 Å². The maximum Gasteiger partial charge on any atom is 0.326 e. The molecule has 6 nitrogen and oxygen atoms in total. The molecule has 0 aromatic heterocycles. The molecule has 0 fully saturated rings. The second-order valence-electron chi connectivity index (χ2n) is 3.84. The molecular formula is C11H16ClN5O. The van der Waals surface area contributed by atoms with Crippen LogP contribution in [0.1, 0.15) is 5.56 Å². The first kappa shape index (κ1) is 14.1. The summed E-state index contributed by atoms with van der Waals surface area (Å²) in [6.07, 6.45) is 0. The number of carbonyl (C=O) groups excluding carboxylic acids is 1. The summed E-state index contributed by atoms with van der Waals surface area (Å²) in [5.41, 5.74) is 6.92. The van der Waals surface area contributed by atoms with Crippen LogP contribution < -0.4 is 16.4 Å². The lowest BCUT2D eigenvalue weighted by Crippen LogP contribution is -2.40. The number of nitrogens with zero attached hydrogens (tertiary/aromatic N) is 2. The summed E-state index contributed by atoms with van der Waals surface area (Å²) in [6.45, 7) is 1.85. The molecule has 0 aliphatic carbocycles. The van der Waals surface area contributed by atoms with Crippen molar-refractivity contribution in [2.45, 2.75) is 6.92 Å². The Kier molecular flexibility index (Phi) is 4.79. The van der Waals surface area contributed by atoms with Crippen molar-refractivity contribution in [3.63, 3.8) is 0 Å². The average Bonchev–Trinajstić information content (AvgIpc) is 2.22. The van der Waals surface area contributed by atoms with Crippen molar-refractivity contribution in [2.24, 2.45) is 10.8 Å². The molecule has 0 saturated heterocycles. The number of para-hydroxylation sites is 1. The molecule has 1 rings (SSSR count). The Morgan fingerprint density at radius 1 is 1.44 bits per heavy atom. The summed E-state index contributed by atoms with van der Waals surface area (Å²) < 4.78 is 0. The average molecular weight is 270 g/mol. The molecule has 0 saturated carbocycles. The molecule has 98 valence electrons. The van der Waals surface area contributed by atoms with Gasteiger partial charge >= 0.3 is 6.03 Å². The third-order valence-corrected chi connectivity index (χ3v) is 2.32. The van der Waals surface area contributed by atoms with Crippen LogP contribution in [0.25, 0.3) is 0 Å². The van der Waals surface area contributed by atoms with Crippen molar-refractivity contribution in [3.8, 4) is 0 Å². The van der Waals surface area contributed by atoms with Gasteiger partial charge in [0.15, 0.2) is 0 Å². The highest BCUT2D eigenvalue weighted by Crippen LogP contribution is 2.24. The zero-order valence-electron chi connectivity index (χ0n) is 10.5. The molecule has 2 amide bonds. The van der Waals surface area contributed by atoms with Crippen LogP contribution in [0.15, 0.2) is 23.3 Å². The zero-order valence-corrected chi connectivity index (χ0v) is 11.2. The van der Waals surface area contributed by atoms with Gasteiger partial charge in [-0.15, -0.1) is 5.10 Å². The summed E-state index contributed by atoms with van der Waals surface area (Å²) in [7, 11) is 3.40. The van der Waals surface area contributed by atoms with Crippen molar-refractivity contribution in [1.82, 2.24) is 10.3 Å². The minimum Gasteiger partial charge on any atom is -0.368 e. The molecule has 1 aromatic rings. The normalized spacial score (nSPS) is 11.0. The lowest BCUT2D eigenvalue weighted by Gasteiger charge is -2.12. The fourth-order valence-electron chi connectivity index (χ4n) is 1.29. The third kappa shape index (κ3) is 4.14. The van der Waals surface area contributed by atoms with E-state index in [4.69, 9.17) is 17.3 Å². The fourth-order valence-corrected chi connectivity index (χ4v) is 1.56. The minimum atomic E-state index is -0.491. The van der Waals surface area contributed by atoms with Gasteiger partial charge in [0.2, 0.25) is 5.96 Å². The standard InChI is InChI=1S/C11H16ClN5O/c1-7-5-4-6-8(12)9(7)14-11(18)15-10(13)16-17(2)3/h4-6H,1-3H3,(H4,13,14,15,16,18). The zero-order chi connectivity index (χ0) is 13.7. The van der Waals surface area contributed by atoms with Gasteiger partial charge in [0, 0.05) is 14.1 Å². The highest BCUT2D eigenvalue weighted by atomic mass is 35.5. The van der Waals surface area contributed by atoms with Gasteiger partial charge in [-0.05, 0) is 18.6 Å². The summed E-state index contributed by atoms with van der Waals surface area (Å²) in [6, 6.07) is 4.86. The quantitative estimate of drug-likeness (QED) is 0.433. The van der Waals surface area contributed by atoms with Crippen molar-refractivity contribution in [1.29, 1.82) is 0 Å². The molecule has 0 heterocycles. The minimum absolute atomic E-state index is 0.00204. The maximum absolute atomic E-state index is 11.6. The molecule has 0 spiro atoms. The number of hydrazone groups is 1. The second-order valence-corrected chi connectivity index (χ2v) is 4.25. The molecule has 0 radical (unpaired) electrons. The van der Waals surface area contributed by atoms with Crippen molar-refractivity contribution in [3.05, 3.63) is 28.8 Å². The number of nitrogens with one attached hydrogen (secondary N) is 2. The van der Waals surface area contributed by atoms with Gasteiger partial charge in [-0.25, -0.2) is 4.79 Å². The Balaban J connectivity index is 2.71. The molecule has 0 aliphatic rings. The van der Waals surface area contributed by atoms with Crippen LogP contribution in [0.2, 0.25) is 5.02 Å². The van der Waals surface area contributed by atoms with E-state index in [1.807, 2.05) is 19.1 Å². The van der Waals surface area contributed by atoms with Gasteiger partial charge in [0.05, 0.1) is 10.7 Å². The summed E-state index contributed by atoms with van der Waals surface area (Å²) >= 11 is 5.98. The van der Waals surface area contributed by atoms with Gasteiger partial charge < -0.3 is 11.1 Å². The van der Waals surface area contributed by atoms with E-state index < -0.39 is 6.03 Å². The van der Waals surface area contributed by atoms with E-state index >= 15 is 0 Å². The number of hydrogen-bond donors (Lipinski definition) is 3. The lowest BCUT2D eigenvalue weighted by molar-refractivity contribution is 0.256. The maximum atomic E-state index is 11.6. The van der Waals surface area contributed by atoms with E-state index in [1.54, 1.807) is 20.2 Å². The Morgan fingerprint density at radius 3 is 2.67 bits per heavy atom. The number of guanidine groups is 1. The molecule has 0 aliphatic heterocycles. The summed E-state index contributed by atoms with van der Waals surface area (Å²) in [5.74, 6) is 0.00204. The number of nitrogens with two attached hydrogens (primary N) is 1. The SMILES string of the molecule is Cc1cccc(Cl)c1NC(=O)N/C(N)=N\N(C)C. The summed E-state index contributed by atoms with van der Waals surface area (Å²) in [4.78, 5) is 11.6. The summed E-state index contributed by atoms with van der Waals surface area (Å²) in [5, 5.41) is 10.8. The van der Waals surface area contributed by atoms with E-state index in [2.05, 4.69) is 15.7 Å². The van der Waals surface area contributed by atoms with Gasteiger partial charge in [-0.3, -0.25) is 10.3 Å². The molecular weight excluding hydrogens is 254 g/mol. The number of halogens is 1. The van der Waals surface area contributed by atoms with E-state index in [0.717, 1.165) is 5.56 Å². The largest absolute Gasteiger partial charge is 0.368 e. The van der Waals surface area contributed by atoms with Crippen LogP contribution in [0.4, 0.5) is 10.5 Å². The predicted molar refractivity (Wildman–Crippen MR) is 73.7 cm³/mol. The molecule has 0 atom stereocenters. The van der Waals surface area contributed by atoms with E-state index in [-0.39, 0.29) is 5.96 Å². The smallest absolute Gasteiger partial charge is 0.326 e. The molecule has 7 heteroatoms. The van der Waals surface area contributed by atoms with E-state index in [0.29, 0.717) is 10.7 Å². The number of hydrogen-bond acceptors (Lipinski definition) is 3. The fraction of sp³-hybridized carbons (Fsp3) is 0.273. The first-order chi connectivity index (χ1) is 8.40. The van der Waals surface area contributed by atoms with Crippen molar-refractivity contribution >= 4 is 29.3 Å². The van der Waals surface area contributed by atoms with Crippen LogP contribution >= 0.6 is 11.6 Å². The number of carbonyl (C=O) groups is 1. The first-order valence-corrected chi connectivity index (χ1v) is 5.62. The molecule has 1 aromatic carbocycles. The number of amides is 2. The van der Waals surface area contributed by atoms with Crippen LogP contribution in [-0.2, 0) is 0 Å². The van der Waals surface area contributed by atoms with E-state index in [1.165, 1.54) is 5.01 Å². The molecule has 4 N–H and O–H groups in total. The van der Waals surface area contributed by atoms with Crippen LogP contribution in [-0.4, -0.2) is 31.1 Å². The van der Waals surface area contributed by atoms with Gasteiger partial charge in [0.25, 0.3) is 0 Å². The molecule has 0 unspecified atom stereocenters. The van der Waals surface area contributed by atoms with Crippen molar-refractivity contribution < 1.29 is 4.79 Å². The second kappa shape index (κ2) is 6.11. The topological polar surface area (TPSA) is 82.8 Å². The number of rotatable bonds is 2. The highest BCUT2D eigenvalue weighted by Gasteiger charge is 2.08. The Labute approximate surface area is 111 Å². The highest BCUT2D eigenvalue weighted by molar-refractivity contribution is 6.34. The number of aryl methyl sites for hydroxylation is 1. The molecule has 18 heavy (non-hydrogen) atoms.